The number of fused-ring (bicyclic) bond motifs is 2. The van der Waals surface area contributed by atoms with Crippen LogP contribution in [0.25, 0.3) is 37.8 Å². The molecule has 3 aromatic carbocycles. The number of rotatable bonds is 10. The van der Waals surface area contributed by atoms with Crippen molar-refractivity contribution in [1.82, 2.24) is 9.97 Å². The normalized spacial score (nSPS) is 11.7. The number of nitrogens with zero attached hydrogens (tertiary/aromatic N) is 3. The third-order valence-corrected chi connectivity index (χ3v) is 7.88. The molecule has 0 bridgehead atoms. The summed E-state index contributed by atoms with van der Waals surface area (Å²) >= 11 is 0. The molecular weight excluding hydrogens is 723 g/mol. The first-order valence-corrected chi connectivity index (χ1v) is 15.5. The predicted octanol–water partition coefficient (Wildman–Crippen LogP) is 10.1. The van der Waals surface area contributed by atoms with Gasteiger partial charge < -0.3 is 9.95 Å². The van der Waals surface area contributed by atoms with Crippen molar-refractivity contribution in [3.63, 3.8) is 0 Å². The van der Waals surface area contributed by atoms with Crippen LogP contribution in [0, 0.1) is 29.9 Å². The summed E-state index contributed by atoms with van der Waals surface area (Å²) < 4.78 is 0. The molecular formula is C38H46IrN3O2-. The molecule has 0 saturated heterocycles. The monoisotopic (exact) mass is 769 g/mol. The van der Waals surface area contributed by atoms with Gasteiger partial charge in [-0.25, -0.2) is 11.6 Å². The van der Waals surface area contributed by atoms with Crippen molar-refractivity contribution < 1.29 is 30.0 Å². The van der Waals surface area contributed by atoms with Crippen molar-refractivity contribution in [2.75, 3.05) is 0 Å². The number of ketones is 1. The maximum atomic E-state index is 11.7. The van der Waals surface area contributed by atoms with Gasteiger partial charge in [-0.3, -0.25) is 9.78 Å². The Morgan fingerprint density at radius 2 is 1.61 bits per heavy atom. The molecule has 4 aromatic rings. The molecule has 0 amide bonds. The summed E-state index contributed by atoms with van der Waals surface area (Å²) in [4.78, 5) is 24.4. The van der Waals surface area contributed by atoms with Crippen LogP contribution in [0.5, 0.6) is 0 Å². The fourth-order valence-corrected chi connectivity index (χ4v) is 5.47. The predicted molar refractivity (Wildman–Crippen MR) is 179 cm³/mol. The molecule has 0 aliphatic rings. The molecule has 5 nitrogen and oxygen atoms in total. The quantitative estimate of drug-likeness (QED) is 0.0991. The first kappa shape index (κ1) is 36.8. The number of carbonyl (C=O) groups is 1. The minimum atomic E-state index is 0. The summed E-state index contributed by atoms with van der Waals surface area (Å²) in [5.41, 5.74) is 5.23. The Labute approximate surface area is 277 Å². The van der Waals surface area contributed by atoms with Crippen molar-refractivity contribution in [1.29, 1.82) is 0 Å². The number of benzene rings is 3. The zero-order valence-corrected chi connectivity index (χ0v) is 29.6. The van der Waals surface area contributed by atoms with Gasteiger partial charge in [0.05, 0.1) is 11.3 Å². The van der Waals surface area contributed by atoms with Gasteiger partial charge in [-0.1, -0.05) is 89.7 Å². The number of hydrogen-bond acceptors (Lipinski definition) is 4. The third-order valence-electron chi connectivity index (χ3n) is 7.88. The van der Waals surface area contributed by atoms with Crippen LogP contribution < -0.4 is 0 Å². The molecule has 0 saturated carbocycles. The van der Waals surface area contributed by atoms with Gasteiger partial charge >= 0.3 is 0 Å². The fraction of sp³-hybridized carbons (Fsp3) is 0.421. The Morgan fingerprint density at radius 3 is 2.23 bits per heavy atom. The SMILES string of the molecule is CCC(CC)C(=O)/C=C(\O)C(CC)CC.[C-]#[N+]Cc1cc(-c2ncnc3cc(CC(C)(C)C)ccc23)[c-]c2ccccc12.[Ir]. The molecule has 4 rings (SSSR count). The molecule has 0 spiro atoms. The van der Waals surface area contributed by atoms with Crippen molar-refractivity contribution in [2.45, 2.75) is 87.1 Å². The Bertz CT molecular complexity index is 1610. The molecule has 1 radical (unpaired) electrons. The number of hydrogen-bond donors (Lipinski definition) is 1. The molecule has 0 aliphatic carbocycles. The minimum Gasteiger partial charge on any atom is -0.512 e. The van der Waals surface area contributed by atoms with E-state index < -0.39 is 0 Å². The molecule has 1 N–H and O–H groups in total. The maximum absolute atomic E-state index is 11.7. The molecule has 0 unspecified atom stereocenters. The first-order valence-electron chi connectivity index (χ1n) is 15.5. The van der Waals surface area contributed by atoms with E-state index in [4.69, 9.17) is 6.57 Å². The standard InChI is InChI=1S/C25H22N3.C13H24O2.Ir/c1-25(2,3)14-17-9-10-22-23(11-17)27-16-28-24(22)19-12-18-7-5-6-8-21(18)20(13-19)15-26-4;1-5-10(6-2)12(14)9-13(15)11(7-3)8-4;/h5-11,13,16H,14-15H2,1-3H3;9-11,14H,5-8H2,1-4H3;/q-1;;/b;12-9-;. The van der Waals surface area contributed by atoms with Crippen molar-refractivity contribution in [3.8, 4) is 11.3 Å². The van der Waals surface area contributed by atoms with Crippen LogP contribution in [-0.4, -0.2) is 20.9 Å². The van der Waals surface area contributed by atoms with Gasteiger partial charge in [0, 0.05) is 43.7 Å². The number of aliphatic hydroxyl groups excluding tert-OH is 1. The zero-order valence-electron chi connectivity index (χ0n) is 27.2. The number of aromatic nitrogens is 2. The first-order chi connectivity index (χ1) is 20.5. The van der Waals surface area contributed by atoms with Crippen molar-refractivity contribution >= 4 is 27.5 Å². The van der Waals surface area contributed by atoms with E-state index in [9.17, 15) is 9.90 Å². The second-order valence-corrected chi connectivity index (χ2v) is 12.4. The van der Waals surface area contributed by atoms with Gasteiger partial charge in [-0.15, -0.1) is 23.6 Å². The van der Waals surface area contributed by atoms with E-state index in [1.165, 1.54) is 11.6 Å². The topological polar surface area (TPSA) is 67.4 Å². The minimum absolute atomic E-state index is 0. The van der Waals surface area contributed by atoms with E-state index in [0.29, 0.717) is 6.54 Å². The molecule has 235 valence electrons. The molecule has 0 fully saturated rings. The Morgan fingerprint density at radius 1 is 0.955 bits per heavy atom. The number of aliphatic hydroxyl groups is 1. The van der Waals surface area contributed by atoms with Gasteiger partial charge in [-0.2, -0.15) is 0 Å². The van der Waals surface area contributed by atoms with Crippen LogP contribution in [-0.2, 0) is 37.9 Å². The average Bonchev–Trinajstić information content (AvgIpc) is 2.97. The summed E-state index contributed by atoms with van der Waals surface area (Å²) in [5, 5.41) is 12.9. The van der Waals surface area contributed by atoms with E-state index in [0.717, 1.165) is 70.6 Å². The van der Waals surface area contributed by atoms with E-state index in [1.54, 1.807) is 6.33 Å². The van der Waals surface area contributed by atoms with Gasteiger partial charge in [-0.05, 0) is 60.1 Å². The molecule has 0 aliphatic heterocycles. The van der Waals surface area contributed by atoms with Crippen LogP contribution >= 0.6 is 0 Å². The summed E-state index contributed by atoms with van der Waals surface area (Å²) in [7, 11) is 0. The van der Waals surface area contributed by atoms with E-state index in [1.807, 2.05) is 58.0 Å². The maximum Gasteiger partial charge on any atom is 0.227 e. The average molecular weight is 769 g/mol. The Hall–Kier alpha value is -3.39. The second kappa shape index (κ2) is 17.2. The van der Waals surface area contributed by atoms with Crippen LogP contribution in [0.15, 0.2) is 66.7 Å². The van der Waals surface area contributed by atoms with Gasteiger partial charge in [0.2, 0.25) is 6.54 Å². The summed E-state index contributed by atoms with van der Waals surface area (Å²) in [6, 6.07) is 20.1. The second-order valence-electron chi connectivity index (χ2n) is 12.4. The molecule has 6 heteroatoms. The largest absolute Gasteiger partial charge is 0.512 e. The summed E-state index contributed by atoms with van der Waals surface area (Å²) in [5.74, 6) is 0.547. The van der Waals surface area contributed by atoms with Gasteiger partial charge in [0.1, 0.15) is 6.33 Å². The van der Waals surface area contributed by atoms with Crippen molar-refractivity contribution in [3.05, 3.63) is 95.3 Å². The summed E-state index contributed by atoms with van der Waals surface area (Å²) in [6.45, 7) is 22.5. The molecule has 1 heterocycles. The van der Waals surface area contributed by atoms with E-state index in [-0.39, 0.29) is 48.9 Å². The Balaban J connectivity index is 0.000000363. The summed E-state index contributed by atoms with van der Waals surface area (Å²) in [6.07, 6.45) is 7.53. The molecule has 1 aromatic heterocycles. The van der Waals surface area contributed by atoms with E-state index in [2.05, 4.69) is 59.8 Å². The van der Waals surface area contributed by atoms with E-state index >= 15 is 0 Å². The number of allylic oxidation sites excluding steroid dienone is 2. The van der Waals surface area contributed by atoms with Crippen LogP contribution in [0.3, 0.4) is 0 Å². The van der Waals surface area contributed by atoms with Crippen LogP contribution in [0.4, 0.5) is 0 Å². The fourth-order valence-electron chi connectivity index (χ4n) is 5.47. The number of carbonyl (C=O) groups excluding carboxylic acids is 1. The smallest absolute Gasteiger partial charge is 0.227 e. The Kier molecular flexibility index (Phi) is 14.4. The third kappa shape index (κ3) is 9.81. The van der Waals surface area contributed by atoms with Gasteiger partial charge in [0.25, 0.3) is 0 Å². The molecule has 0 atom stereocenters. The van der Waals surface area contributed by atoms with Crippen LogP contribution in [0.2, 0.25) is 0 Å². The zero-order chi connectivity index (χ0) is 31.6. The van der Waals surface area contributed by atoms with Crippen molar-refractivity contribution in [2.24, 2.45) is 17.3 Å². The van der Waals surface area contributed by atoms with Gasteiger partial charge in [0.15, 0.2) is 5.78 Å². The molecule has 44 heavy (non-hydrogen) atoms. The van der Waals surface area contributed by atoms with Crippen LogP contribution in [0.1, 0.15) is 85.3 Å².